The van der Waals surface area contributed by atoms with Crippen LogP contribution in [0.2, 0.25) is 0 Å². The number of pyridine rings is 1. The molecule has 0 bridgehead atoms. The molecule has 0 atom stereocenters. The van der Waals surface area contributed by atoms with E-state index >= 15 is 0 Å². The molecule has 1 aromatic heterocycles. The second-order valence-electron chi connectivity index (χ2n) is 5.92. The maximum Gasteiger partial charge on any atom is 0.228 e. The van der Waals surface area contributed by atoms with Crippen LogP contribution in [0.1, 0.15) is 11.3 Å². The van der Waals surface area contributed by atoms with Crippen molar-refractivity contribution in [3.8, 4) is 0 Å². The van der Waals surface area contributed by atoms with Crippen LogP contribution >= 0.6 is 0 Å². The average Bonchev–Trinajstić information content (AvgIpc) is 2.67. The smallest absolute Gasteiger partial charge is 0.228 e. The number of nitrogens with zero attached hydrogens (tertiary/aromatic N) is 3. The lowest BCUT2D eigenvalue weighted by Gasteiger charge is -2.36. The fraction of sp³-hybridized carbons (Fsp3) is 0.250. The van der Waals surface area contributed by atoms with Gasteiger partial charge in [-0.2, -0.15) is 0 Å². The number of anilines is 1. The minimum atomic E-state index is 0.118. The number of allylic oxidation sites excluding steroid dienone is 1. The van der Waals surface area contributed by atoms with Crippen LogP contribution in [-0.2, 0) is 16.0 Å². The molecule has 0 aliphatic carbocycles. The lowest BCUT2D eigenvalue weighted by atomic mass is 10.1. The van der Waals surface area contributed by atoms with Crippen LogP contribution in [0.5, 0.6) is 0 Å². The van der Waals surface area contributed by atoms with E-state index in [9.17, 15) is 9.59 Å². The Morgan fingerprint density at radius 3 is 2.52 bits per heavy atom. The number of para-hydroxylation sites is 1. The SMILES string of the molecule is O=C/C=C/c1ccccc1N1CCN(C(=O)Cc2ccccn2)CC1. The fourth-order valence-corrected chi connectivity index (χ4v) is 3.03. The lowest BCUT2D eigenvalue weighted by molar-refractivity contribution is -0.130. The Labute approximate surface area is 147 Å². The summed E-state index contributed by atoms with van der Waals surface area (Å²) >= 11 is 0. The minimum absolute atomic E-state index is 0.118. The number of carbonyl (C=O) groups is 2. The Kier molecular flexibility index (Phi) is 5.57. The van der Waals surface area contributed by atoms with Crippen molar-refractivity contribution in [3.63, 3.8) is 0 Å². The molecule has 0 radical (unpaired) electrons. The van der Waals surface area contributed by atoms with E-state index in [1.54, 1.807) is 6.20 Å². The molecule has 0 saturated carbocycles. The van der Waals surface area contributed by atoms with Gasteiger partial charge in [0.2, 0.25) is 5.91 Å². The first kappa shape index (κ1) is 16.9. The molecule has 1 amide bonds. The molecular formula is C20H21N3O2. The van der Waals surface area contributed by atoms with Gasteiger partial charge in [-0.25, -0.2) is 0 Å². The van der Waals surface area contributed by atoms with Gasteiger partial charge >= 0.3 is 0 Å². The van der Waals surface area contributed by atoms with Crippen molar-refractivity contribution in [2.24, 2.45) is 0 Å². The van der Waals surface area contributed by atoms with E-state index in [0.29, 0.717) is 19.5 Å². The van der Waals surface area contributed by atoms with Crippen molar-refractivity contribution >= 4 is 24.0 Å². The van der Waals surface area contributed by atoms with E-state index in [-0.39, 0.29) is 5.91 Å². The second kappa shape index (κ2) is 8.24. The van der Waals surface area contributed by atoms with Crippen molar-refractivity contribution in [2.75, 3.05) is 31.1 Å². The van der Waals surface area contributed by atoms with Gasteiger partial charge in [-0.05, 0) is 35.9 Å². The van der Waals surface area contributed by atoms with E-state index in [2.05, 4.69) is 16.0 Å². The molecule has 2 aromatic rings. The van der Waals surface area contributed by atoms with Crippen LogP contribution in [0.3, 0.4) is 0 Å². The number of piperazine rings is 1. The highest BCUT2D eigenvalue weighted by molar-refractivity contribution is 5.80. The van der Waals surface area contributed by atoms with E-state index in [4.69, 9.17) is 0 Å². The number of rotatable bonds is 5. The Bertz CT molecular complexity index is 751. The monoisotopic (exact) mass is 335 g/mol. The fourth-order valence-electron chi connectivity index (χ4n) is 3.03. The van der Waals surface area contributed by atoms with Crippen LogP contribution < -0.4 is 4.90 Å². The number of hydrogen-bond acceptors (Lipinski definition) is 4. The summed E-state index contributed by atoms with van der Waals surface area (Å²) in [5, 5.41) is 0. The highest BCUT2D eigenvalue weighted by atomic mass is 16.2. The van der Waals surface area contributed by atoms with Crippen molar-refractivity contribution in [1.29, 1.82) is 0 Å². The summed E-state index contributed by atoms with van der Waals surface area (Å²) in [6.45, 7) is 2.94. The molecule has 2 heterocycles. The number of carbonyl (C=O) groups excluding carboxylic acids is 2. The van der Waals surface area contributed by atoms with Crippen molar-refractivity contribution in [1.82, 2.24) is 9.88 Å². The normalized spacial score (nSPS) is 14.7. The number of hydrogen-bond donors (Lipinski definition) is 0. The highest BCUT2D eigenvalue weighted by Gasteiger charge is 2.22. The van der Waals surface area contributed by atoms with Crippen molar-refractivity contribution in [3.05, 3.63) is 66.0 Å². The van der Waals surface area contributed by atoms with Gasteiger partial charge in [-0.1, -0.05) is 24.3 Å². The summed E-state index contributed by atoms with van der Waals surface area (Å²) < 4.78 is 0. The van der Waals surface area contributed by atoms with E-state index in [0.717, 1.165) is 36.3 Å². The molecule has 0 spiro atoms. The van der Waals surface area contributed by atoms with E-state index in [1.165, 1.54) is 6.08 Å². The van der Waals surface area contributed by atoms with Gasteiger partial charge in [-0.15, -0.1) is 0 Å². The molecule has 5 nitrogen and oxygen atoms in total. The van der Waals surface area contributed by atoms with Gasteiger partial charge in [-0.3, -0.25) is 14.6 Å². The molecule has 128 valence electrons. The molecule has 3 rings (SSSR count). The summed E-state index contributed by atoms with van der Waals surface area (Å²) in [6, 6.07) is 13.6. The number of aldehydes is 1. The van der Waals surface area contributed by atoms with Gasteiger partial charge in [0.1, 0.15) is 6.29 Å². The largest absolute Gasteiger partial charge is 0.367 e. The van der Waals surface area contributed by atoms with E-state index in [1.807, 2.05) is 47.4 Å². The van der Waals surface area contributed by atoms with Crippen molar-refractivity contribution < 1.29 is 9.59 Å². The molecule has 0 N–H and O–H groups in total. The standard InChI is InChI=1S/C20H21N3O2/c24-15-5-7-17-6-1-2-9-19(17)22-11-13-23(14-12-22)20(25)16-18-8-3-4-10-21-18/h1-10,15H,11-14,16H2/b7-5+. The summed E-state index contributed by atoms with van der Waals surface area (Å²) in [7, 11) is 0. The first-order valence-corrected chi connectivity index (χ1v) is 8.41. The van der Waals surface area contributed by atoms with Crippen LogP contribution in [0, 0.1) is 0 Å². The van der Waals surface area contributed by atoms with Crippen LogP contribution in [0.25, 0.3) is 6.08 Å². The van der Waals surface area contributed by atoms with E-state index < -0.39 is 0 Å². The maximum absolute atomic E-state index is 12.4. The maximum atomic E-state index is 12.4. The molecule has 0 unspecified atom stereocenters. The Morgan fingerprint density at radius 2 is 1.80 bits per heavy atom. The first-order chi connectivity index (χ1) is 12.3. The van der Waals surface area contributed by atoms with Crippen LogP contribution in [0.4, 0.5) is 5.69 Å². The number of aromatic nitrogens is 1. The third-order valence-corrected chi connectivity index (χ3v) is 4.32. The zero-order valence-corrected chi connectivity index (χ0v) is 14.0. The first-order valence-electron chi connectivity index (χ1n) is 8.41. The van der Waals surface area contributed by atoms with Gasteiger partial charge < -0.3 is 9.80 Å². The molecule has 1 saturated heterocycles. The van der Waals surface area contributed by atoms with Gasteiger partial charge in [0.25, 0.3) is 0 Å². The average molecular weight is 335 g/mol. The summed E-state index contributed by atoms with van der Waals surface area (Å²) in [4.78, 5) is 31.4. The van der Waals surface area contributed by atoms with Crippen LogP contribution in [-0.4, -0.2) is 48.3 Å². The lowest BCUT2D eigenvalue weighted by Crippen LogP contribution is -2.49. The molecular weight excluding hydrogens is 314 g/mol. The molecule has 1 fully saturated rings. The van der Waals surface area contributed by atoms with Gasteiger partial charge in [0.05, 0.1) is 6.42 Å². The second-order valence-corrected chi connectivity index (χ2v) is 5.92. The predicted octanol–water partition coefficient (Wildman–Crippen LogP) is 2.19. The zero-order valence-electron chi connectivity index (χ0n) is 14.0. The van der Waals surface area contributed by atoms with Crippen LogP contribution in [0.15, 0.2) is 54.7 Å². The summed E-state index contributed by atoms with van der Waals surface area (Å²) in [6.07, 6.45) is 6.17. The molecule has 1 aliphatic heterocycles. The predicted molar refractivity (Wildman–Crippen MR) is 98.3 cm³/mol. The minimum Gasteiger partial charge on any atom is -0.367 e. The Hall–Kier alpha value is -2.95. The highest BCUT2D eigenvalue weighted by Crippen LogP contribution is 2.23. The molecule has 5 heteroatoms. The Balaban J connectivity index is 1.61. The van der Waals surface area contributed by atoms with Gasteiger partial charge in [0.15, 0.2) is 0 Å². The third kappa shape index (κ3) is 4.32. The summed E-state index contributed by atoms with van der Waals surface area (Å²) in [5.41, 5.74) is 2.92. The third-order valence-electron chi connectivity index (χ3n) is 4.32. The quantitative estimate of drug-likeness (QED) is 0.621. The molecule has 1 aromatic carbocycles. The van der Waals surface area contributed by atoms with Crippen molar-refractivity contribution in [2.45, 2.75) is 6.42 Å². The van der Waals surface area contributed by atoms with Gasteiger partial charge in [0, 0.05) is 43.8 Å². The number of amides is 1. The Morgan fingerprint density at radius 1 is 1.04 bits per heavy atom. The molecule has 25 heavy (non-hydrogen) atoms. The molecule has 1 aliphatic rings. The number of benzene rings is 1. The topological polar surface area (TPSA) is 53.5 Å². The summed E-state index contributed by atoms with van der Waals surface area (Å²) in [5.74, 6) is 0.118. The zero-order chi connectivity index (χ0) is 17.5.